The molecule has 1 fully saturated rings. The third-order valence-electron chi connectivity index (χ3n) is 3.22. The van der Waals surface area contributed by atoms with Gasteiger partial charge >= 0.3 is 5.97 Å². The zero-order valence-corrected chi connectivity index (χ0v) is 14.2. The number of carbonyl (C=O) groups is 1. The highest BCUT2D eigenvalue weighted by Gasteiger charge is 2.36. The van der Waals surface area contributed by atoms with Crippen LogP contribution in [-0.2, 0) is 4.79 Å². The first-order valence-electron chi connectivity index (χ1n) is 6.01. The molecule has 0 radical (unpaired) electrons. The fraction of sp³-hybridized carbons (Fsp3) is 0.455. The minimum absolute atomic E-state index is 0.0520. The van der Waals surface area contributed by atoms with Crippen molar-refractivity contribution in [3.63, 3.8) is 0 Å². The Morgan fingerprint density at radius 2 is 2.30 bits per heavy atom. The minimum atomic E-state index is -0.822. The third kappa shape index (κ3) is 2.79. The largest absolute Gasteiger partial charge is 0.481 e. The van der Waals surface area contributed by atoms with E-state index in [1.54, 1.807) is 4.68 Å². The van der Waals surface area contributed by atoms with E-state index in [-0.39, 0.29) is 12.5 Å². The van der Waals surface area contributed by atoms with Crippen LogP contribution in [0.15, 0.2) is 14.3 Å². The average molecular weight is 422 g/mol. The van der Waals surface area contributed by atoms with Crippen molar-refractivity contribution in [3.8, 4) is 10.7 Å². The summed E-state index contributed by atoms with van der Waals surface area (Å²) in [5.41, 5.74) is 0. The van der Waals surface area contributed by atoms with E-state index in [0.717, 1.165) is 26.0 Å². The molecule has 9 heteroatoms. The van der Waals surface area contributed by atoms with Gasteiger partial charge in [-0.25, -0.2) is 4.68 Å². The highest BCUT2D eigenvalue weighted by molar-refractivity contribution is 9.13. The lowest BCUT2D eigenvalue weighted by Gasteiger charge is -2.14. The fourth-order valence-corrected chi connectivity index (χ4v) is 4.16. The number of thiophene rings is 1. The Balaban J connectivity index is 1.97. The minimum Gasteiger partial charge on any atom is -0.481 e. The quantitative estimate of drug-likeness (QED) is 0.800. The first kappa shape index (κ1) is 14.2. The average Bonchev–Trinajstić information content (AvgIpc) is 3.01. The number of aliphatic carboxylic acids is 1. The van der Waals surface area contributed by atoms with Crippen molar-refractivity contribution in [1.29, 1.82) is 0 Å². The van der Waals surface area contributed by atoms with Crippen molar-refractivity contribution in [1.82, 2.24) is 20.2 Å². The topological polar surface area (TPSA) is 80.9 Å². The van der Waals surface area contributed by atoms with Crippen LogP contribution in [0.4, 0.5) is 0 Å². The fourth-order valence-electron chi connectivity index (χ4n) is 2.15. The van der Waals surface area contributed by atoms with E-state index >= 15 is 0 Å². The van der Waals surface area contributed by atoms with Crippen molar-refractivity contribution in [2.75, 3.05) is 0 Å². The molecule has 1 aliphatic rings. The Morgan fingerprint density at radius 1 is 1.55 bits per heavy atom. The number of halogens is 2. The number of hydrogen-bond donors (Lipinski definition) is 1. The van der Waals surface area contributed by atoms with Crippen LogP contribution in [-0.4, -0.2) is 31.3 Å². The second-order valence-electron chi connectivity index (χ2n) is 4.68. The van der Waals surface area contributed by atoms with Gasteiger partial charge in [0, 0.05) is 4.47 Å². The molecule has 0 saturated heterocycles. The van der Waals surface area contributed by atoms with Gasteiger partial charge in [-0.05, 0) is 67.1 Å². The molecule has 0 bridgehead atoms. The molecular formula is C11H10Br2N4O2S. The van der Waals surface area contributed by atoms with Crippen LogP contribution in [0.3, 0.4) is 0 Å². The first-order chi connectivity index (χ1) is 9.56. The van der Waals surface area contributed by atoms with Gasteiger partial charge in [-0.15, -0.1) is 16.4 Å². The lowest BCUT2D eigenvalue weighted by Crippen LogP contribution is -2.18. The van der Waals surface area contributed by atoms with Gasteiger partial charge in [-0.2, -0.15) is 0 Å². The number of carboxylic acids is 1. The molecule has 1 atom stereocenters. The van der Waals surface area contributed by atoms with E-state index in [9.17, 15) is 4.79 Å². The molecule has 1 saturated carbocycles. The van der Waals surface area contributed by atoms with Gasteiger partial charge in [0.25, 0.3) is 0 Å². The molecule has 0 aromatic carbocycles. The standard InChI is InChI=1S/C11H10Br2N4O2S/c12-6-3-8(20-10(6)13)11-14-15-16-17(11)7(4-9(18)19)5-1-2-5/h3,5,7H,1-2,4H2,(H,18,19). The predicted octanol–water partition coefficient (Wildman–Crippen LogP) is 3.35. The van der Waals surface area contributed by atoms with Crippen molar-refractivity contribution in [2.45, 2.75) is 25.3 Å². The van der Waals surface area contributed by atoms with Crippen LogP contribution in [0, 0.1) is 5.92 Å². The third-order valence-corrected chi connectivity index (χ3v) is 6.47. The van der Waals surface area contributed by atoms with E-state index in [4.69, 9.17) is 5.11 Å². The molecule has 2 heterocycles. The molecule has 3 rings (SSSR count). The summed E-state index contributed by atoms with van der Waals surface area (Å²) in [7, 11) is 0. The Labute approximate surface area is 135 Å². The summed E-state index contributed by atoms with van der Waals surface area (Å²) < 4.78 is 3.56. The summed E-state index contributed by atoms with van der Waals surface area (Å²) in [4.78, 5) is 12.0. The maximum absolute atomic E-state index is 11.0. The number of carboxylic acid groups (broad SMARTS) is 1. The molecule has 2 aromatic heterocycles. The summed E-state index contributed by atoms with van der Waals surface area (Å²) in [5, 5.41) is 20.9. The Bertz CT molecular complexity index is 633. The summed E-state index contributed by atoms with van der Waals surface area (Å²) in [6.07, 6.45) is 2.13. The summed E-state index contributed by atoms with van der Waals surface area (Å²) in [5.74, 6) is 0.164. The Hall–Kier alpha value is -0.800. The van der Waals surface area contributed by atoms with E-state index in [0.29, 0.717) is 11.7 Å². The maximum Gasteiger partial charge on any atom is 0.305 e. The zero-order valence-electron chi connectivity index (χ0n) is 10.2. The van der Waals surface area contributed by atoms with Crippen LogP contribution >= 0.6 is 43.2 Å². The van der Waals surface area contributed by atoms with Crippen LogP contribution in [0.1, 0.15) is 25.3 Å². The predicted molar refractivity (Wildman–Crippen MR) is 80.5 cm³/mol. The lowest BCUT2D eigenvalue weighted by atomic mass is 10.1. The number of tetrazole rings is 1. The molecular weight excluding hydrogens is 412 g/mol. The molecule has 0 amide bonds. The van der Waals surface area contributed by atoms with Crippen LogP contribution in [0.5, 0.6) is 0 Å². The molecule has 106 valence electrons. The van der Waals surface area contributed by atoms with Gasteiger partial charge in [0.1, 0.15) is 0 Å². The van der Waals surface area contributed by atoms with Crippen molar-refractivity contribution in [2.24, 2.45) is 5.92 Å². The van der Waals surface area contributed by atoms with Crippen molar-refractivity contribution >= 4 is 49.2 Å². The SMILES string of the molecule is O=C(O)CC(C1CC1)n1nnnc1-c1cc(Br)c(Br)s1. The van der Waals surface area contributed by atoms with Gasteiger partial charge in [-0.3, -0.25) is 4.79 Å². The Kier molecular flexibility index (Phi) is 3.91. The van der Waals surface area contributed by atoms with E-state index in [1.165, 1.54) is 11.3 Å². The van der Waals surface area contributed by atoms with E-state index < -0.39 is 5.97 Å². The van der Waals surface area contributed by atoms with Gasteiger partial charge in [0.2, 0.25) is 0 Å². The smallest absolute Gasteiger partial charge is 0.305 e. The van der Waals surface area contributed by atoms with Crippen molar-refractivity contribution < 1.29 is 9.90 Å². The van der Waals surface area contributed by atoms with E-state index in [1.807, 2.05) is 6.07 Å². The molecule has 0 spiro atoms. The molecule has 1 unspecified atom stereocenters. The number of nitrogens with zero attached hydrogens (tertiary/aromatic N) is 4. The highest BCUT2D eigenvalue weighted by Crippen LogP contribution is 2.44. The monoisotopic (exact) mass is 420 g/mol. The highest BCUT2D eigenvalue weighted by atomic mass is 79.9. The second-order valence-corrected chi connectivity index (χ2v) is 7.91. The van der Waals surface area contributed by atoms with Gasteiger partial charge in [-0.1, -0.05) is 0 Å². The Morgan fingerprint density at radius 3 is 2.85 bits per heavy atom. The summed E-state index contributed by atoms with van der Waals surface area (Å²) in [6.45, 7) is 0. The number of hydrogen-bond acceptors (Lipinski definition) is 5. The van der Waals surface area contributed by atoms with E-state index in [2.05, 4.69) is 47.4 Å². The van der Waals surface area contributed by atoms with Gasteiger partial charge in [0.15, 0.2) is 5.82 Å². The lowest BCUT2D eigenvalue weighted by molar-refractivity contribution is -0.138. The molecule has 2 aromatic rings. The van der Waals surface area contributed by atoms with Gasteiger partial charge < -0.3 is 5.11 Å². The van der Waals surface area contributed by atoms with Crippen LogP contribution in [0.2, 0.25) is 0 Å². The molecule has 1 N–H and O–H groups in total. The zero-order chi connectivity index (χ0) is 14.3. The van der Waals surface area contributed by atoms with Crippen LogP contribution < -0.4 is 0 Å². The molecule has 1 aliphatic carbocycles. The summed E-state index contributed by atoms with van der Waals surface area (Å²) >= 11 is 8.39. The molecule has 20 heavy (non-hydrogen) atoms. The molecule has 0 aliphatic heterocycles. The van der Waals surface area contributed by atoms with Crippen LogP contribution in [0.25, 0.3) is 10.7 Å². The molecule has 6 nitrogen and oxygen atoms in total. The normalized spacial score (nSPS) is 16.3. The maximum atomic E-state index is 11.0. The number of rotatable bonds is 5. The van der Waals surface area contributed by atoms with Gasteiger partial charge in [0.05, 0.1) is 21.1 Å². The summed E-state index contributed by atoms with van der Waals surface area (Å²) in [6, 6.07) is 1.76. The first-order valence-corrected chi connectivity index (χ1v) is 8.41. The number of aromatic nitrogens is 4. The van der Waals surface area contributed by atoms with Crippen molar-refractivity contribution in [3.05, 3.63) is 14.3 Å². The second kappa shape index (κ2) is 5.53.